The Balaban J connectivity index is 1.62. The predicted octanol–water partition coefficient (Wildman–Crippen LogP) is 4.87. The maximum Gasteiger partial charge on any atom is 0.152 e. The van der Waals surface area contributed by atoms with Gasteiger partial charge in [0.25, 0.3) is 0 Å². The molecule has 7 heteroatoms. The lowest BCUT2D eigenvalue weighted by molar-refractivity contribution is 0.271. The molecule has 6 nitrogen and oxygen atoms in total. The third-order valence-electron chi connectivity index (χ3n) is 5.23. The number of aromatic amines is 1. The van der Waals surface area contributed by atoms with Crippen LogP contribution < -0.4 is 0 Å². The smallest absolute Gasteiger partial charge is 0.152 e. The summed E-state index contributed by atoms with van der Waals surface area (Å²) in [7, 11) is 0. The number of H-pyrrole nitrogens is 1. The molecule has 4 aromatic rings. The molecule has 0 aliphatic heterocycles. The van der Waals surface area contributed by atoms with Gasteiger partial charge in [0.15, 0.2) is 5.15 Å². The number of hydrogen-bond acceptors (Lipinski definition) is 4. The number of halogens is 1. The number of benzene rings is 2. The second-order valence-electron chi connectivity index (χ2n) is 7.21. The Morgan fingerprint density at radius 3 is 2.50 bits per heavy atom. The fourth-order valence-electron chi connectivity index (χ4n) is 3.63. The number of aromatic nitrogens is 5. The molecule has 4 rings (SSSR count). The van der Waals surface area contributed by atoms with Gasteiger partial charge in [-0.05, 0) is 23.1 Å². The van der Waals surface area contributed by atoms with Crippen molar-refractivity contribution < 1.29 is 5.11 Å². The van der Waals surface area contributed by atoms with Crippen LogP contribution in [0.3, 0.4) is 0 Å². The van der Waals surface area contributed by atoms with E-state index in [-0.39, 0.29) is 6.61 Å². The zero-order valence-corrected chi connectivity index (χ0v) is 17.6. The average molecular weight is 422 g/mol. The molecular weight excluding hydrogens is 398 g/mol. The van der Waals surface area contributed by atoms with Gasteiger partial charge in [-0.1, -0.05) is 73.5 Å². The van der Waals surface area contributed by atoms with Crippen LogP contribution in [0.15, 0.2) is 54.7 Å². The molecule has 0 fully saturated rings. The monoisotopic (exact) mass is 421 g/mol. The zero-order valence-electron chi connectivity index (χ0n) is 16.8. The van der Waals surface area contributed by atoms with Crippen molar-refractivity contribution in [3.8, 4) is 22.4 Å². The maximum absolute atomic E-state index is 9.77. The van der Waals surface area contributed by atoms with E-state index in [1.54, 1.807) is 6.20 Å². The van der Waals surface area contributed by atoms with Crippen LogP contribution in [0.25, 0.3) is 22.4 Å². The molecule has 0 spiro atoms. The number of nitrogens with zero attached hydrogens (tertiary/aromatic N) is 4. The summed E-state index contributed by atoms with van der Waals surface area (Å²) in [5.41, 5.74) is 5.85. The largest absolute Gasteiger partial charge is 0.390 e. The van der Waals surface area contributed by atoms with Crippen LogP contribution in [-0.4, -0.2) is 30.1 Å². The van der Waals surface area contributed by atoms with Gasteiger partial charge in [-0.15, -0.1) is 0 Å². The predicted molar refractivity (Wildman–Crippen MR) is 118 cm³/mol. The van der Waals surface area contributed by atoms with Crippen LogP contribution in [0.1, 0.15) is 36.8 Å². The first-order chi connectivity index (χ1) is 14.7. The van der Waals surface area contributed by atoms with E-state index in [1.807, 2.05) is 22.8 Å². The van der Waals surface area contributed by atoms with Gasteiger partial charge in [0.05, 0.1) is 18.5 Å². The molecule has 0 unspecified atom stereocenters. The van der Waals surface area contributed by atoms with Crippen LogP contribution in [0.5, 0.6) is 0 Å². The summed E-state index contributed by atoms with van der Waals surface area (Å²) in [6, 6.07) is 16.6. The van der Waals surface area contributed by atoms with E-state index in [0.29, 0.717) is 17.4 Å². The van der Waals surface area contributed by atoms with E-state index in [4.69, 9.17) is 11.6 Å². The highest BCUT2D eigenvalue weighted by Crippen LogP contribution is 2.31. The van der Waals surface area contributed by atoms with Crippen LogP contribution in [0.2, 0.25) is 5.15 Å². The van der Waals surface area contributed by atoms with Crippen LogP contribution in [0, 0.1) is 0 Å². The molecule has 0 amide bonds. The molecule has 0 atom stereocenters. The van der Waals surface area contributed by atoms with Crippen molar-refractivity contribution in [2.24, 2.45) is 0 Å². The summed E-state index contributed by atoms with van der Waals surface area (Å²) in [5.74, 6) is 0.923. The highest BCUT2D eigenvalue weighted by Gasteiger charge is 2.15. The Morgan fingerprint density at radius 2 is 1.83 bits per heavy atom. The van der Waals surface area contributed by atoms with Gasteiger partial charge in [-0.25, -0.2) is 4.98 Å². The van der Waals surface area contributed by atoms with E-state index < -0.39 is 0 Å². The number of hydrogen-bond donors (Lipinski definition) is 2. The van der Waals surface area contributed by atoms with Gasteiger partial charge in [-0.2, -0.15) is 15.4 Å². The SMILES string of the molecule is CCCCc1nc(Cl)c(CO)n1Cc1ccc(-c2ccccc2-c2cn[nH]n2)cc1. The second-order valence-corrected chi connectivity index (χ2v) is 7.57. The van der Waals surface area contributed by atoms with E-state index in [2.05, 4.69) is 57.7 Å². The lowest BCUT2D eigenvalue weighted by Gasteiger charge is -2.12. The fraction of sp³-hybridized carbons (Fsp3) is 0.261. The summed E-state index contributed by atoms with van der Waals surface area (Å²) in [6.45, 7) is 2.65. The molecule has 2 N–H and O–H groups in total. The number of unbranched alkanes of at least 4 members (excludes halogenated alkanes) is 1. The van der Waals surface area contributed by atoms with E-state index in [0.717, 1.165) is 53.0 Å². The molecule has 2 aromatic carbocycles. The molecule has 0 aliphatic rings. The van der Waals surface area contributed by atoms with Crippen LogP contribution >= 0.6 is 11.6 Å². The molecular formula is C23H24ClN5O. The number of nitrogens with one attached hydrogen (secondary N) is 1. The number of aliphatic hydroxyl groups is 1. The van der Waals surface area contributed by atoms with Gasteiger partial charge in [0.2, 0.25) is 0 Å². The molecule has 0 saturated carbocycles. The Kier molecular flexibility index (Phi) is 6.26. The topological polar surface area (TPSA) is 79.6 Å². The maximum atomic E-state index is 9.77. The lowest BCUT2D eigenvalue weighted by Crippen LogP contribution is -2.09. The minimum absolute atomic E-state index is 0.124. The van der Waals surface area contributed by atoms with E-state index >= 15 is 0 Å². The van der Waals surface area contributed by atoms with Crippen LogP contribution in [-0.2, 0) is 19.6 Å². The molecule has 2 aromatic heterocycles. The molecule has 0 bridgehead atoms. The quantitative estimate of drug-likeness (QED) is 0.425. The summed E-state index contributed by atoms with van der Waals surface area (Å²) in [4.78, 5) is 4.47. The average Bonchev–Trinajstić information content (AvgIpc) is 3.41. The fourth-order valence-corrected chi connectivity index (χ4v) is 3.89. The second kappa shape index (κ2) is 9.24. The summed E-state index contributed by atoms with van der Waals surface area (Å²) in [5, 5.41) is 21.0. The van der Waals surface area contributed by atoms with Crippen molar-refractivity contribution in [3.05, 3.63) is 77.0 Å². The van der Waals surface area contributed by atoms with E-state index in [9.17, 15) is 5.11 Å². The first-order valence-electron chi connectivity index (χ1n) is 10.1. The van der Waals surface area contributed by atoms with Crippen molar-refractivity contribution in [2.45, 2.75) is 39.3 Å². The number of aliphatic hydroxyl groups excluding tert-OH is 1. The summed E-state index contributed by atoms with van der Waals surface area (Å²) in [6.07, 6.45) is 4.69. The Labute approximate surface area is 180 Å². The van der Waals surface area contributed by atoms with Crippen molar-refractivity contribution in [3.63, 3.8) is 0 Å². The van der Waals surface area contributed by atoms with Gasteiger partial charge in [-0.3, -0.25) is 0 Å². The number of aryl methyl sites for hydroxylation is 1. The van der Waals surface area contributed by atoms with Gasteiger partial charge < -0.3 is 9.67 Å². The zero-order chi connectivity index (χ0) is 20.9. The molecule has 0 saturated heterocycles. The Morgan fingerprint density at radius 1 is 1.07 bits per heavy atom. The third-order valence-corrected chi connectivity index (χ3v) is 5.53. The molecule has 0 radical (unpaired) electrons. The van der Waals surface area contributed by atoms with E-state index in [1.165, 1.54) is 0 Å². The van der Waals surface area contributed by atoms with Crippen molar-refractivity contribution >= 4 is 11.6 Å². The molecule has 154 valence electrons. The van der Waals surface area contributed by atoms with Gasteiger partial charge >= 0.3 is 0 Å². The summed E-state index contributed by atoms with van der Waals surface area (Å²) >= 11 is 6.26. The van der Waals surface area contributed by atoms with Crippen molar-refractivity contribution in [2.75, 3.05) is 0 Å². The Bertz CT molecular complexity index is 1100. The van der Waals surface area contributed by atoms with Crippen molar-refractivity contribution in [1.29, 1.82) is 0 Å². The highest BCUT2D eigenvalue weighted by molar-refractivity contribution is 6.30. The highest BCUT2D eigenvalue weighted by atomic mass is 35.5. The summed E-state index contributed by atoms with van der Waals surface area (Å²) < 4.78 is 2.04. The van der Waals surface area contributed by atoms with Crippen molar-refractivity contribution in [1.82, 2.24) is 25.0 Å². The normalized spacial score (nSPS) is 11.2. The lowest BCUT2D eigenvalue weighted by atomic mass is 9.97. The number of imidazole rings is 1. The molecule has 2 heterocycles. The first-order valence-corrected chi connectivity index (χ1v) is 10.5. The Hall–Kier alpha value is -2.96. The minimum Gasteiger partial charge on any atom is -0.390 e. The van der Waals surface area contributed by atoms with Gasteiger partial charge in [0, 0.05) is 18.5 Å². The standard InChI is InChI=1S/C23H24ClN5O/c1-2-3-8-22-26-23(24)21(15-30)29(22)14-16-9-11-17(12-10-16)18-6-4-5-7-19(18)20-13-25-28-27-20/h4-7,9-13,30H,2-3,8,14-15H2,1H3,(H,25,27,28). The number of rotatable bonds is 8. The first kappa shape index (κ1) is 20.3. The molecule has 30 heavy (non-hydrogen) atoms. The van der Waals surface area contributed by atoms with Crippen LogP contribution in [0.4, 0.5) is 0 Å². The van der Waals surface area contributed by atoms with Gasteiger partial charge in [0.1, 0.15) is 11.5 Å². The molecule has 0 aliphatic carbocycles. The minimum atomic E-state index is -0.124. The third kappa shape index (κ3) is 4.15.